The molecule has 27 nitrogen and oxygen atoms in total. The number of likely N-dealkylation sites (N-methyl/N-ethyl adjacent to an activating group) is 3. The normalized spacial score (nSPS) is 13.5. The summed E-state index contributed by atoms with van der Waals surface area (Å²) in [6.07, 6.45) is -4.17. The molecule has 1 aliphatic heterocycles. The average molecular weight is 2150 g/mol. The molecule has 3 aromatic carbocycles. The fourth-order valence-corrected chi connectivity index (χ4v) is 20.6. The summed E-state index contributed by atoms with van der Waals surface area (Å²) in [5, 5.41) is 96.6. The predicted molar refractivity (Wildman–Crippen MR) is 364 cm³/mol. The molecule has 9 amide bonds. The van der Waals surface area contributed by atoms with E-state index in [2.05, 4.69) is 16.0 Å². The molecule has 0 bridgehead atoms. The minimum Gasteiger partial charge on any atom is -0.394 e. The van der Waals surface area contributed by atoms with Gasteiger partial charge in [0.2, 0.25) is 17.7 Å². The first kappa shape index (κ1) is 72.6. The molecule has 0 radical (unpaired) electrons. The number of anilines is 3. The summed E-state index contributed by atoms with van der Waals surface area (Å²) >= 11 is 15.7. The van der Waals surface area contributed by atoms with Crippen molar-refractivity contribution in [2.75, 3.05) is 116 Å². The highest BCUT2D eigenvalue weighted by atomic mass is 127. The van der Waals surface area contributed by atoms with E-state index in [1.807, 2.05) is 0 Å². The number of halogens is 9. The standard InChI is InChI=1S/C45H48I9N9O18/c1-58(4-16(70)7-64)40(76)22-28(46)25(34(52)37(31(22)49)55-19(73)10-67)43(79)61-13-62(44(80)26-29(47)23(41(77)59(2)5-17(71)8-65)32(50)38(35(26)53)56-20(74)11-68)15-63(14-61)45(81)27-30(48)24(42(78)60(3)6-18(72)9-66)33(51)39(36(27)54)57-21(75)12-69/h16-18,64-72H,4-15H2,1-3H3,(H,55,73)(H,56,74)(H,57,75). The van der Waals surface area contributed by atoms with Gasteiger partial charge in [-0.1, -0.05) is 0 Å². The molecule has 4 rings (SSSR count). The first-order chi connectivity index (χ1) is 37.9. The molecule has 3 aromatic rings. The maximum Gasteiger partial charge on any atom is 0.258 e. The molecule has 1 saturated heterocycles. The van der Waals surface area contributed by atoms with Crippen LogP contribution in [-0.2, 0) is 14.4 Å². The van der Waals surface area contributed by atoms with Gasteiger partial charge in [0.05, 0.1) is 130 Å². The van der Waals surface area contributed by atoms with Gasteiger partial charge in [0.1, 0.15) is 19.8 Å². The smallest absolute Gasteiger partial charge is 0.258 e. The van der Waals surface area contributed by atoms with E-state index in [1.54, 1.807) is 203 Å². The second-order valence-corrected chi connectivity index (χ2v) is 27.1. The third-order valence-electron chi connectivity index (χ3n) is 11.5. The highest BCUT2D eigenvalue weighted by molar-refractivity contribution is 14.1. The van der Waals surface area contributed by atoms with Crippen LogP contribution in [0.25, 0.3) is 0 Å². The third-order valence-corrected chi connectivity index (χ3v) is 21.2. The number of carbonyl (C=O) groups excluding carboxylic acids is 9. The van der Waals surface area contributed by atoms with Crippen molar-refractivity contribution < 1.29 is 89.1 Å². The van der Waals surface area contributed by atoms with Crippen molar-refractivity contribution in [3.63, 3.8) is 0 Å². The molecule has 1 heterocycles. The van der Waals surface area contributed by atoms with E-state index < -0.39 is 131 Å². The zero-order chi connectivity index (χ0) is 61.4. The number of nitrogens with one attached hydrogen (secondary N) is 3. The van der Waals surface area contributed by atoms with E-state index in [1.165, 1.54) is 21.1 Å². The SMILES string of the molecule is CN(CC(O)CO)C(=O)c1c(I)c(NC(=O)CO)c(I)c(C(=O)N2CN(C(=O)c3c(I)c(NC(=O)CO)c(I)c(C(=O)N(C)CC(O)CO)c3I)CN(C(=O)c3c(I)c(NC(=O)CO)c(I)c(C(=O)N(C)CC(O)CO)c3I)C2)c1I. The van der Waals surface area contributed by atoms with Crippen LogP contribution < -0.4 is 16.0 Å². The number of benzene rings is 3. The van der Waals surface area contributed by atoms with Gasteiger partial charge in [-0.25, -0.2) is 0 Å². The lowest BCUT2D eigenvalue weighted by Crippen LogP contribution is -2.60. The Hall–Kier alpha value is -0.900. The van der Waals surface area contributed by atoms with Gasteiger partial charge in [-0.05, 0) is 203 Å². The average Bonchev–Trinajstić information content (AvgIpc) is 3.43. The van der Waals surface area contributed by atoms with Gasteiger partial charge >= 0.3 is 0 Å². The molecule has 3 unspecified atom stereocenters. The molecule has 444 valence electrons. The Labute approximate surface area is 584 Å². The van der Waals surface area contributed by atoms with E-state index >= 15 is 14.4 Å². The lowest BCUT2D eigenvalue weighted by molar-refractivity contribution is -0.119. The topological polar surface area (TPSA) is 391 Å². The van der Waals surface area contributed by atoms with Crippen molar-refractivity contribution in [3.05, 3.63) is 65.5 Å². The highest BCUT2D eigenvalue weighted by Gasteiger charge is 2.42. The minimum atomic E-state index is -1.39. The molecule has 0 saturated carbocycles. The van der Waals surface area contributed by atoms with Gasteiger partial charge in [-0.3, -0.25) is 43.2 Å². The molecule has 12 N–H and O–H groups in total. The number of carbonyl (C=O) groups is 9. The fraction of sp³-hybridized carbons (Fsp3) is 0.400. The summed E-state index contributed by atoms with van der Waals surface area (Å²) in [6, 6.07) is 0. The molecular weight excluding hydrogens is 2100 g/mol. The van der Waals surface area contributed by atoms with Crippen LogP contribution in [0.2, 0.25) is 0 Å². The number of amides is 9. The summed E-state index contributed by atoms with van der Waals surface area (Å²) in [5.41, 5.74) is -1.68. The second kappa shape index (κ2) is 32.4. The molecule has 36 heteroatoms. The van der Waals surface area contributed by atoms with Crippen LogP contribution in [0, 0.1) is 32.1 Å². The summed E-state index contributed by atoms with van der Waals surface area (Å²) in [4.78, 5) is 135. The van der Waals surface area contributed by atoms with Crippen LogP contribution in [0.3, 0.4) is 0 Å². The molecule has 0 spiro atoms. The lowest BCUT2D eigenvalue weighted by Gasteiger charge is -2.43. The largest absolute Gasteiger partial charge is 0.394 e. The first-order valence-electron chi connectivity index (χ1n) is 22.7. The minimum absolute atomic E-state index is 0.0123. The molecule has 3 atom stereocenters. The van der Waals surface area contributed by atoms with Gasteiger partial charge in [-0.15, -0.1) is 0 Å². The fourth-order valence-electron chi connectivity index (χ4n) is 7.54. The quantitative estimate of drug-likeness (QED) is 0.0657. The van der Waals surface area contributed by atoms with Crippen molar-refractivity contribution in [2.45, 2.75) is 18.3 Å². The Morgan fingerprint density at radius 2 is 0.580 bits per heavy atom. The van der Waals surface area contributed by atoms with E-state index in [0.717, 1.165) is 29.4 Å². The zero-order valence-electron chi connectivity index (χ0n) is 42.0. The van der Waals surface area contributed by atoms with Gasteiger partial charge in [-0.2, -0.15) is 0 Å². The molecule has 1 fully saturated rings. The van der Waals surface area contributed by atoms with Crippen molar-refractivity contribution in [2.24, 2.45) is 0 Å². The van der Waals surface area contributed by atoms with Crippen molar-refractivity contribution in [1.82, 2.24) is 29.4 Å². The predicted octanol–water partition coefficient (Wildman–Crippen LogP) is 0.809. The summed E-state index contributed by atoms with van der Waals surface area (Å²) in [7, 11) is 3.93. The van der Waals surface area contributed by atoms with E-state index in [0.29, 0.717) is 0 Å². The zero-order valence-corrected chi connectivity index (χ0v) is 61.4. The van der Waals surface area contributed by atoms with E-state index in [9.17, 15) is 74.7 Å². The molecule has 1 aliphatic rings. The molecule has 0 aliphatic carbocycles. The Morgan fingerprint density at radius 1 is 0.383 bits per heavy atom. The number of rotatable bonds is 21. The third kappa shape index (κ3) is 16.8. The number of hydrogen-bond acceptors (Lipinski definition) is 18. The Morgan fingerprint density at radius 3 is 0.765 bits per heavy atom. The highest BCUT2D eigenvalue weighted by Crippen LogP contribution is 2.41. The Kier molecular flexibility index (Phi) is 29.0. The maximum absolute atomic E-state index is 15.6. The Balaban J connectivity index is 2.15. The summed E-state index contributed by atoms with van der Waals surface area (Å²) in [5.74, 6) is -8.17. The van der Waals surface area contributed by atoms with Gasteiger partial charge < -0.3 is 91.3 Å². The van der Waals surface area contributed by atoms with Crippen LogP contribution in [0.15, 0.2) is 0 Å². The van der Waals surface area contributed by atoms with E-state index in [4.69, 9.17) is 0 Å². The maximum atomic E-state index is 15.6. The van der Waals surface area contributed by atoms with Crippen LogP contribution in [0.1, 0.15) is 62.1 Å². The molecule has 81 heavy (non-hydrogen) atoms. The van der Waals surface area contributed by atoms with Gasteiger partial charge in [0.25, 0.3) is 35.4 Å². The van der Waals surface area contributed by atoms with Gasteiger partial charge in [0.15, 0.2) is 0 Å². The number of hydrogen-bond donors (Lipinski definition) is 12. The van der Waals surface area contributed by atoms with Crippen LogP contribution >= 0.6 is 203 Å². The molecule has 0 aromatic heterocycles. The second-order valence-electron chi connectivity index (χ2n) is 17.3. The van der Waals surface area contributed by atoms with Gasteiger partial charge in [0, 0.05) is 51.5 Å². The number of aliphatic hydroxyl groups excluding tert-OH is 9. The lowest BCUT2D eigenvalue weighted by atomic mass is 10.0. The molecular formula is C45H48I9N9O18. The summed E-state index contributed by atoms with van der Waals surface area (Å²) < 4.78 is 0.215. The monoisotopic (exact) mass is 2140 g/mol. The first-order valence-corrected chi connectivity index (χ1v) is 32.5. The van der Waals surface area contributed by atoms with Crippen molar-refractivity contribution >= 4 is 274 Å². The number of aliphatic hydroxyl groups is 9. The summed E-state index contributed by atoms with van der Waals surface area (Å²) in [6.45, 7) is -8.47. The van der Waals surface area contributed by atoms with Crippen LogP contribution in [0.4, 0.5) is 17.1 Å². The van der Waals surface area contributed by atoms with E-state index in [-0.39, 0.29) is 102 Å². The van der Waals surface area contributed by atoms with Crippen molar-refractivity contribution in [3.8, 4) is 0 Å². The number of nitrogens with zero attached hydrogens (tertiary/aromatic N) is 6. The van der Waals surface area contributed by atoms with Crippen LogP contribution in [0.5, 0.6) is 0 Å². The van der Waals surface area contributed by atoms with Crippen molar-refractivity contribution in [1.29, 1.82) is 0 Å². The Bertz CT molecular complexity index is 2720. The van der Waals surface area contributed by atoms with Crippen LogP contribution in [-0.4, -0.2) is 247 Å².